The second-order valence-electron chi connectivity index (χ2n) is 13.5. The molecule has 2 aromatic heterocycles. The van der Waals surface area contributed by atoms with Crippen LogP contribution < -0.4 is 14.9 Å². The van der Waals surface area contributed by atoms with Crippen molar-refractivity contribution in [1.82, 2.24) is 9.97 Å². The van der Waals surface area contributed by atoms with Crippen molar-refractivity contribution < 1.29 is 0 Å². The molecule has 0 saturated carbocycles. The predicted molar refractivity (Wildman–Crippen MR) is 174 cm³/mol. The molecule has 3 aromatic carbocycles. The summed E-state index contributed by atoms with van der Waals surface area (Å²) in [7, 11) is -3.48. The van der Waals surface area contributed by atoms with Gasteiger partial charge in [0.2, 0.25) is 0 Å². The van der Waals surface area contributed by atoms with E-state index in [2.05, 4.69) is 121 Å². The quantitative estimate of drug-likeness (QED) is 0.208. The van der Waals surface area contributed by atoms with Crippen molar-refractivity contribution in [2.24, 2.45) is 5.41 Å². The maximum absolute atomic E-state index is 4.89. The molecule has 0 bridgehead atoms. The Morgan fingerprint density at radius 2 is 1.53 bits per heavy atom. The van der Waals surface area contributed by atoms with Gasteiger partial charge in [0.25, 0.3) is 0 Å². The van der Waals surface area contributed by atoms with Gasteiger partial charge >= 0.3 is 0 Å². The van der Waals surface area contributed by atoms with E-state index in [-0.39, 0.29) is 0 Å². The van der Waals surface area contributed by atoms with Gasteiger partial charge in [0.05, 0.1) is 24.0 Å². The lowest BCUT2D eigenvalue weighted by Gasteiger charge is -2.24. The third kappa shape index (κ3) is 5.04. The molecule has 0 saturated heterocycles. The first-order valence-electron chi connectivity index (χ1n) is 13.6. The van der Waals surface area contributed by atoms with Crippen LogP contribution in [0.5, 0.6) is 0 Å². The Morgan fingerprint density at radius 3 is 2.18 bits per heavy atom. The molecule has 0 atom stereocenters. The minimum atomic E-state index is -1.92. The molecule has 2 nitrogen and oxygen atoms in total. The number of aryl methyl sites for hydroxylation is 1. The molecule has 5 aromatic rings. The average Bonchev–Trinajstić information content (AvgIpc) is 3.19. The van der Waals surface area contributed by atoms with Crippen LogP contribution in [-0.4, -0.2) is 26.1 Å². The number of rotatable bonds is 5. The predicted octanol–water partition coefficient (Wildman–Crippen LogP) is 7.78. The largest absolute Gasteiger partial charge is 0.235 e. The number of aromatic nitrogens is 2. The minimum Gasteiger partial charge on any atom is -0.235 e. The van der Waals surface area contributed by atoms with Gasteiger partial charge < -0.3 is 0 Å². The second kappa shape index (κ2) is 9.54. The maximum Gasteiger partial charge on any atom is 0.125 e. The summed E-state index contributed by atoms with van der Waals surface area (Å²) in [5.74, 6) is 0. The highest BCUT2D eigenvalue weighted by molar-refractivity contribution is 7.34. The van der Waals surface area contributed by atoms with Crippen molar-refractivity contribution >= 4 is 63.3 Å². The molecule has 5 rings (SSSR count). The molecule has 0 spiro atoms. The number of hydrogen-bond acceptors (Lipinski definition) is 3. The normalized spacial score (nSPS) is 13.0. The molecule has 0 fully saturated rings. The van der Waals surface area contributed by atoms with E-state index < -0.39 is 16.1 Å². The topological polar surface area (TPSA) is 25.8 Å². The smallest absolute Gasteiger partial charge is 0.125 e. The van der Waals surface area contributed by atoms with Gasteiger partial charge in [-0.1, -0.05) is 118 Å². The van der Waals surface area contributed by atoms with Gasteiger partial charge in [-0.2, -0.15) is 0 Å². The summed E-state index contributed by atoms with van der Waals surface area (Å²) in [6.07, 6.45) is 2.86. The standard InChI is InChI=1S/C33H40N2SSi2/c1-22-29-31(36-32(22)38(8,9)26-16-14-23(15-17-26)20-33(2,3)4)30(35-21-34-29)25-18-24-12-10-11-13-27(24)28(19-25)37(5,6)7/h10-19,21H,20H2,1-9H3. The maximum atomic E-state index is 4.89. The van der Waals surface area contributed by atoms with Crippen molar-refractivity contribution in [2.45, 2.75) is 66.9 Å². The van der Waals surface area contributed by atoms with E-state index in [0.29, 0.717) is 5.41 Å². The van der Waals surface area contributed by atoms with Crippen LogP contribution in [0.3, 0.4) is 0 Å². The molecule has 5 heteroatoms. The summed E-state index contributed by atoms with van der Waals surface area (Å²) in [5, 5.41) is 5.65. The summed E-state index contributed by atoms with van der Waals surface area (Å²) in [6.45, 7) is 21.4. The lowest BCUT2D eigenvalue weighted by Crippen LogP contribution is -2.52. The van der Waals surface area contributed by atoms with Gasteiger partial charge in [0.1, 0.15) is 14.4 Å². The minimum absolute atomic E-state index is 0.295. The highest BCUT2D eigenvalue weighted by Gasteiger charge is 2.32. The fourth-order valence-corrected chi connectivity index (χ4v) is 12.3. The fraction of sp³-hybridized carbons (Fsp3) is 0.333. The monoisotopic (exact) mass is 552 g/mol. The Hall–Kier alpha value is -2.61. The van der Waals surface area contributed by atoms with E-state index in [1.165, 1.54) is 47.0 Å². The fourth-order valence-electron chi connectivity index (χ4n) is 5.68. The van der Waals surface area contributed by atoms with Crippen LogP contribution in [0.1, 0.15) is 31.9 Å². The van der Waals surface area contributed by atoms with E-state index in [9.17, 15) is 0 Å². The Bertz CT molecular complexity index is 1630. The molecule has 2 heterocycles. The van der Waals surface area contributed by atoms with Crippen molar-refractivity contribution in [3.63, 3.8) is 0 Å². The molecule has 0 aliphatic heterocycles. The van der Waals surface area contributed by atoms with E-state index in [1.54, 1.807) is 6.33 Å². The molecule has 196 valence electrons. The van der Waals surface area contributed by atoms with Gasteiger partial charge in [-0.15, -0.1) is 11.3 Å². The highest BCUT2D eigenvalue weighted by Crippen LogP contribution is 2.34. The third-order valence-corrected chi connectivity index (χ3v) is 15.9. The van der Waals surface area contributed by atoms with Crippen molar-refractivity contribution in [2.75, 3.05) is 0 Å². The Kier molecular flexibility index (Phi) is 6.78. The average molecular weight is 553 g/mol. The summed E-state index contributed by atoms with van der Waals surface area (Å²) in [6, 6.07) is 23.0. The zero-order valence-electron chi connectivity index (χ0n) is 24.4. The number of hydrogen-bond donors (Lipinski definition) is 0. The lowest BCUT2D eigenvalue weighted by atomic mass is 9.88. The Labute approximate surface area is 234 Å². The van der Waals surface area contributed by atoms with Gasteiger partial charge in [0.15, 0.2) is 0 Å². The molecule has 0 amide bonds. The third-order valence-electron chi connectivity index (χ3n) is 7.62. The number of nitrogens with zero attached hydrogens (tertiary/aromatic N) is 2. The van der Waals surface area contributed by atoms with Gasteiger partial charge in [0, 0.05) is 10.1 Å². The van der Waals surface area contributed by atoms with Gasteiger partial charge in [-0.05, 0) is 46.7 Å². The number of fused-ring (bicyclic) bond motifs is 2. The Morgan fingerprint density at radius 1 is 0.842 bits per heavy atom. The Balaban J connectivity index is 1.64. The first kappa shape index (κ1) is 27.0. The van der Waals surface area contributed by atoms with Gasteiger partial charge in [-0.25, -0.2) is 9.97 Å². The van der Waals surface area contributed by atoms with Crippen LogP contribution in [-0.2, 0) is 6.42 Å². The van der Waals surface area contributed by atoms with E-state index in [0.717, 1.165) is 17.6 Å². The molecule has 0 aliphatic carbocycles. The molecular weight excluding hydrogens is 513 g/mol. The number of thiophene rings is 1. The summed E-state index contributed by atoms with van der Waals surface area (Å²) in [4.78, 5) is 9.71. The van der Waals surface area contributed by atoms with Crippen LogP contribution in [0.2, 0.25) is 32.7 Å². The van der Waals surface area contributed by atoms with E-state index >= 15 is 0 Å². The van der Waals surface area contributed by atoms with Crippen LogP contribution in [0.25, 0.3) is 32.2 Å². The summed E-state index contributed by atoms with van der Waals surface area (Å²) in [5.41, 5.74) is 6.45. The molecule has 0 radical (unpaired) electrons. The summed E-state index contributed by atoms with van der Waals surface area (Å²) >= 11 is 1.93. The number of benzene rings is 3. The van der Waals surface area contributed by atoms with E-state index in [1.807, 2.05) is 11.3 Å². The summed E-state index contributed by atoms with van der Waals surface area (Å²) < 4.78 is 2.73. The van der Waals surface area contributed by atoms with Crippen LogP contribution in [0.4, 0.5) is 0 Å². The van der Waals surface area contributed by atoms with Crippen LogP contribution >= 0.6 is 11.3 Å². The van der Waals surface area contributed by atoms with Crippen molar-refractivity contribution in [1.29, 1.82) is 0 Å². The van der Waals surface area contributed by atoms with Crippen LogP contribution in [0, 0.1) is 12.3 Å². The zero-order chi connectivity index (χ0) is 27.5. The molecule has 38 heavy (non-hydrogen) atoms. The van der Waals surface area contributed by atoms with E-state index in [4.69, 9.17) is 9.97 Å². The molecule has 0 N–H and O–H groups in total. The second-order valence-corrected chi connectivity index (χ2v) is 24.3. The van der Waals surface area contributed by atoms with Crippen molar-refractivity contribution in [3.05, 3.63) is 78.1 Å². The SMILES string of the molecule is Cc1c([Si](C)(C)c2ccc(CC(C)(C)C)cc2)sc2c(-c3cc([Si](C)(C)C)c4ccccc4c3)ncnc12. The first-order chi connectivity index (χ1) is 17.8. The molecule has 0 aliphatic rings. The van der Waals surface area contributed by atoms with Crippen molar-refractivity contribution in [3.8, 4) is 11.3 Å². The molecule has 0 unspecified atom stereocenters. The van der Waals surface area contributed by atoms with Crippen LogP contribution in [0.15, 0.2) is 67.0 Å². The highest BCUT2D eigenvalue weighted by atomic mass is 32.1. The first-order valence-corrected chi connectivity index (χ1v) is 20.9. The molecular formula is C33H40N2SSi2. The lowest BCUT2D eigenvalue weighted by molar-refractivity contribution is 0.411. The zero-order valence-corrected chi connectivity index (χ0v) is 27.2. The van der Waals surface area contributed by atoms with Gasteiger partial charge in [-0.3, -0.25) is 0 Å².